The second-order valence-electron chi connectivity index (χ2n) is 6.99. The van der Waals surface area contributed by atoms with Gasteiger partial charge in [0.1, 0.15) is 5.75 Å². The van der Waals surface area contributed by atoms with Crippen LogP contribution in [0.2, 0.25) is 0 Å². The van der Waals surface area contributed by atoms with Crippen molar-refractivity contribution in [1.82, 2.24) is 0 Å². The van der Waals surface area contributed by atoms with E-state index in [4.69, 9.17) is 9.47 Å². The lowest BCUT2D eigenvalue weighted by Gasteiger charge is -2.11. The van der Waals surface area contributed by atoms with Crippen molar-refractivity contribution < 1.29 is 9.47 Å². The van der Waals surface area contributed by atoms with Gasteiger partial charge in [0.2, 0.25) is 0 Å². The lowest BCUT2D eigenvalue weighted by molar-refractivity contribution is 0.119. The van der Waals surface area contributed by atoms with E-state index in [-0.39, 0.29) is 6.10 Å². The lowest BCUT2D eigenvalue weighted by Crippen LogP contribution is -1.97. The van der Waals surface area contributed by atoms with E-state index < -0.39 is 0 Å². The summed E-state index contributed by atoms with van der Waals surface area (Å²) in [5.41, 5.74) is 3.63. The fourth-order valence-electron chi connectivity index (χ4n) is 3.08. The summed E-state index contributed by atoms with van der Waals surface area (Å²) in [6.07, 6.45) is 9.31. The summed E-state index contributed by atoms with van der Waals surface area (Å²) < 4.78 is 11.2. The van der Waals surface area contributed by atoms with Crippen molar-refractivity contribution in [2.24, 2.45) is 0 Å². The first-order valence-electron chi connectivity index (χ1n) is 10.1. The maximum atomic E-state index is 5.87. The van der Waals surface area contributed by atoms with E-state index in [2.05, 4.69) is 62.4 Å². The first kappa shape index (κ1) is 20.5. The molecule has 1 unspecified atom stereocenters. The topological polar surface area (TPSA) is 18.5 Å². The van der Waals surface area contributed by atoms with E-state index in [1.165, 1.54) is 55.2 Å². The van der Waals surface area contributed by atoms with Crippen LogP contribution in [-0.4, -0.2) is 13.7 Å². The molecule has 0 saturated heterocycles. The number of methoxy groups -OCH3 is 1. The van der Waals surface area contributed by atoms with Crippen molar-refractivity contribution in [3.05, 3.63) is 54.1 Å². The summed E-state index contributed by atoms with van der Waals surface area (Å²) in [5, 5.41) is 0. The molecule has 2 heteroatoms. The molecule has 26 heavy (non-hydrogen) atoms. The smallest absolute Gasteiger partial charge is 0.119 e. The SMILES string of the molecule is CCCCCCCCCOc1ccc(-c2ccc(C(C)OC)cc2)cc1. The van der Waals surface area contributed by atoms with Gasteiger partial charge >= 0.3 is 0 Å². The minimum absolute atomic E-state index is 0.131. The number of rotatable bonds is 12. The van der Waals surface area contributed by atoms with E-state index in [9.17, 15) is 0 Å². The molecule has 0 heterocycles. The van der Waals surface area contributed by atoms with Gasteiger partial charge in [-0.1, -0.05) is 81.8 Å². The first-order chi connectivity index (χ1) is 12.7. The Balaban J connectivity index is 1.74. The average Bonchev–Trinajstić information content (AvgIpc) is 2.70. The van der Waals surface area contributed by atoms with E-state index >= 15 is 0 Å². The third kappa shape index (κ3) is 6.84. The Labute approximate surface area is 159 Å². The summed E-state index contributed by atoms with van der Waals surface area (Å²) in [6, 6.07) is 17.0. The van der Waals surface area contributed by atoms with Crippen molar-refractivity contribution in [3.63, 3.8) is 0 Å². The number of ether oxygens (including phenoxy) is 2. The van der Waals surface area contributed by atoms with Gasteiger partial charge in [0, 0.05) is 7.11 Å². The Kier molecular flexibility index (Phi) is 9.27. The lowest BCUT2D eigenvalue weighted by atomic mass is 10.0. The molecule has 2 nitrogen and oxygen atoms in total. The maximum absolute atomic E-state index is 5.87. The largest absolute Gasteiger partial charge is 0.494 e. The number of unbranched alkanes of at least 4 members (excludes halogenated alkanes) is 6. The molecule has 2 aromatic rings. The molecular weight excluding hydrogens is 320 g/mol. The van der Waals surface area contributed by atoms with Crippen molar-refractivity contribution >= 4 is 0 Å². The molecule has 0 bridgehead atoms. The van der Waals surface area contributed by atoms with Gasteiger partial charge in [0.25, 0.3) is 0 Å². The molecule has 0 aromatic heterocycles. The van der Waals surface area contributed by atoms with E-state index in [1.54, 1.807) is 7.11 Å². The third-order valence-electron chi connectivity index (χ3n) is 4.94. The molecule has 0 radical (unpaired) electrons. The van der Waals surface area contributed by atoms with Crippen LogP contribution >= 0.6 is 0 Å². The highest BCUT2D eigenvalue weighted by molar-refractivity contribution is 5.64. The van der Waals surface area contributed by atoms with Gasteiger partial charge in [-0.05, 0) is 42.2 Å². The molecule has 0 spiro atoms. The van der Waals surface area contributed by atoms with Gasteiger partial charge in [-0.15, -0.1) is 0 Å². The fourth-order valence-corrected chi connectivity index (χ4v) is 3.08. The van der Waals surface area contributed by atoms with Crippen LogP contribution in [0.15, 0.2) is 48.5 Å². The highest BCUT2D eigenvalue weighted by Gasteiger charge is 2.04. The van der Waals surface area contributed by atoms with Crippen LogP contribution in [-0.2, 0) is 4.74 Å². The quantitative estimate of drug-likeness (QED) is 0.375. The zero-order valence-electron chi connectivity index (χ0n) is 16.7. The van der Waals surface area contributed by atoms with Crippen molar-refractivity contribution in [1.29, 1.82) is 0 Å². The van der Waals surface area contributed by atoms with Crippen LogP contribution in [0.25, 0.3) is 11.1 Å². The van der Waals surface area contributed by atoms with Crippen LogP contribution in [0.4, 0.5) is 0 Å². The number of benzene rings is 2. The normalized spacial score (nSPS) is 12.1. The maximum Gasteiger partial charge on any atom is 0.119 e. The van der Waals surface area contributed by atoms with Gasteiger partial charge in [0.05, 0.1) is 12.7 Å². The highest BCUT2D eigenvalue weighted by atomic mass is 16.5. The predicted molar refractivity (Wildman–Crippen MR) is 111 cm³/mol. The Hall–Kier alpha value is -1.80. The summed E-state index contributed by atoms with van der Waals surface area (Å²) in [6.45, 7) is 5.14. The molecule has 2 rings (SSSR count). The average molecular weight is 355 g/mol. The van der Waals surface area contributed by atoms with Gasteiger partial charge < -0.3 is 9.47 Å². The number of hydrogen-bond acceptors (Lipinski definition) is 2. The van der Waals surface area contributed by atoms with Crippen molar-refractivity contribution in [2.45, 2.75) is 64.9 Å². The second kappa shape index (κ2) is 11.7. The van der Waals surface area contributed by atoms with E-state index in [1.807, 2.05) is 0 Å². The van der Waals surface area contributed by atoms with E-state index in [0.717, 1.165) is 18.8 Å². The molecule has 2 aromatic carbocycles. The Morgan fingerprint density at radius 1 is 0.731 bits per heavy atom. The molecule has 142 valence electrons. The van der Waals surface area contributed by atoms with Gasteiger partial charge in [-0.2, -0.15) is 0 Å². The Morgan fingerprint density at radius 3 is 1.85 bits per heavy atom. The third-order valence-corrected chi connectivity index (χ3v) is 4.94. The van der Waals surface area contributed by atoms with Gasteiger partial charge in [-0.25, -0.2) is 0 Å². The Bertz CT molecular complexity index is 601. The standard InChI is InChI=1S/C24H34O2/c1-4-5-6-7-8-9-10-19-26-24-17-15-23(16-18-24)22-13-11-21(12-14-22)20(2)25-3/h11-18,20H,4-10,19H2,1-3H3. The summed E-state index contributed by atoms with van der Waals surface area (Å²) in [5.74, 6) is 0.962. The van der Waals surface area contributed by atoms with Gasteiger partial charge in [0.15, 0.2) is 0 Å². The van der Waals surface area contributed by atoms with Crippen LogP contribution in [0, 0.1) is 0 Å². The summed E-state index contributed by atoms with van der Waals surface area (Å²) in [7, 11) is 1.74. The zero-order valence-corrected chi connectivity index (χ0v) is 16.7. The van der Waals surface area contributed by atoms with Crippen LogP contribution in [0.3, 0.4) is 0 Å². The van der Waals surface area contributed by atoms with Gasteiger partial charge in [-0.3, -0.25) is 0 Å². The predicted octanol–water partition coefficient (Wildman–Crippen LogP) is 7.19. The summed E-state index contributed by atoms with van der Waals surface area (Å²) in [4.78, 5) is 0. The minimum Gasteiger partial charge on any atom is -0.494 e. The van der Waals surface area contributed by atoms with Crippen LogP contribution < -0.4 is 4.74 Å². The molecule has 1 atom stereocenters. The molecule has 0 saturated carbocycles. The fraction of sp³-hybridized carbons (Fsp3) is 0.500. The molecular formula is C24H34O2. The molecule has 0 aliphatic carbocycles. The van der Waals surface area contributed by atoms with Crippen LogP contribution in [0.5, 0.6) is 5.75 Å². The molecule has 0 fully saturated rings. The number of hydrogen-bond donors (Lipinski definition) is 0. The first-order valence-corrected chi connectivity index (χ1v) is 10.1. The second-order valence-corrected chi connectivity index (χ2v) is 6.99. The Morgan fingerprint density at radius 2 is 1.27 bits per heavy atom. The minimum atomic E-state index is 0.131. The molecule has 0 amide bonds. The highest BCUT2D eigenvalue weighted by Crippen LogP contribution is 2.25. The molecule has 0 aliphatic rings. The molecule has 0 N–H and O–H groups in total. The molecule has 0 aliphatic heterocycles. The monoisotopic (exact) mass is 354 g/mol. The van der Waals surface area contributed by atoms with Crippen molar-refractivity contribution in [2.75, 3.05) is 13.7 Å². The van der Waals surface area contributed by atoms with E-state index in [0.29, 0.717) is 0 Å². The van der Waals surface area contributed by atoms with Crippen molar-refractivity contribution in [3.8, 4) is 16.9 Å². The zero-order chi connectivity index (χ0) is 18.6. The van der Waals surface area contributed by atoms with Crippen LogP contribution in [0.1, 0.15) is 70.5 Å². The summed E-state index contributed by atoms with van der Waals surface area (Å²) >= 11 is 0.